The molecule has 1 atom stereocenters. The van der Waals surface area contributed by atoms with Crippen LogP contribution in [0.1, 0.15) is 52.0 Å². The minimum Gasteiger partial charge on any atom is -0.508 e. The highest BCUT2D eigenvalue weighted by atomic mass is 32.1. The van der Waals surface area contributed by atoms with E-state index in [0.717, 1.165) is 6.42 Å². The third-order valence-electron chi connectivity index (χ3n) is 5.44. The molecule has 0 fully saturated rings. The highest BCUT2D eigenvalue weighted by Gasteiger charge is 2.36. The number of hydrogen-bond donors (Lipinski definition) is 4. The van der Waals surface area contributed by atoms with E-state index < -0.39 is 23.8 Å². The predicted molar refractivity (Wildman–Crippen MR) is 138 cm³/mol. The average Bonchev–Trinajstić information content (AvgIpc) is 3.23. The number of rotatable bonds is 10. The number of nitrogens with one attached hydrogen (secondary N) is 1. The van der Waals surface area contributed by atoms with Crippen molar-refractivity contribution in [3.63, 3.8) is 0 Å². The third-order valence-corrected chi connectivity index (χ3v) is 6.29. The number of primary amides is 1. The Balaban J connectivity index is 2.16. The van der Waals surface area contributed by atoms with Crippen LogP contribution < -0.4 is 26.4 Å². The number of carbonyl (C=O) groups is 3. The van der Waals surface area contributed by atoms with Gasteiger partial charge < -0.3 is 26.6 Å². The minimum absolute atomic E-state index is 0.0550. The van der Waals surface area contributed by atoms with Crippen molar-refractivity contribution in [1.29, 1.82) is 0 Å². The summed E-state index contributed by atoms with van der Waals surface area (Å²) in [4.78, 5) is 40.4. The number of phenols is 1. The molecule has 0 bridgehead atoms. The fourth-order valence-electron chi connectivity index (χ4n) is 3.55. The average molecular weight is 512 g/mol. The second-order valence-corrected chi connectivity index (χ2v) is 9.26. The van der Waals surface area contributed by atoms with Crippen molar-refractivity contribution in [1.82, 2.24) is 9.69 Å². The molecule has 36 heavy (non-hydrogen) atoms. The van der Waals surface area contributed by atoms with Crippen molar-refractivity contribution in [2.24, 2.45) is 11.7 Å². The number of methoxy groups -OCH3 is 1. The summed E-state index contributed by atoms with van der Waals surface area (Å²) in [5, 5.41) is 13.1. The summed E-state index contributed by atoms with van der Waals surface area (Å²) in [6.07, 6.45) is 0.741. The molecule has 0 aliphatic heterocycles. The van der Waals surface area contributed by atoms with E-state index in [1.165, 1.54) is 24.1 Å². The molecule has 0 saturated heterocycles. The Morgan fingerprint density at radius 3 is 2.42 bits per heavy atom. The number of aromatic hydroxyl groups is 1. The Kier molecular flexibility index (Phi) is 8.49. The second-order valence-electron chi connectivity index (χ2n) is 8.48. The topological polar surface area (TPSA) is 161 Å². The number of amides is 3. The van der Waals surface area contributed by atoms with Crippen LogP contribution in [-0.4, -0.2) is 40.9 Å². The lowest BCUT2D eigenvalue weighted by Crippen LogP contribution is -2.44. The fraction of sp³-hybridized carbons (Fsp3) is 0.280. The van der Waals surface area contributed by atoms with Crippen LogP contribution in [0.25, 0.3) is 0 Å². The van der Waals surface area contributed by atoms with Gasteiger partial charge in [0.15, 0.2) is 5.69 Å². The van der Waals surface area contributed by atoms with Crippen LogP contribution in [0.3, 0.4) is 0 Å². The first-order valence-corrected chi connectivity index (χ1v) is 12.0. The quantitative estimate of drug-likeness (QED) is 0.325. The molecule has 0 radical (unpaired) electrons. The van der Waals surface area contributed by atoms with Crippen molar-refractivity contribution in [2.45, 2.75) is 26.3 Å². The first-order chi connectivity index (χ1) is 17.1. The van der Waals surface area contributed by atoms with Crippen molar-refractivity contribution in [3.8, 4) is 11.5 Å². The van der Waals surface area contributed by atoms with Gasteiger partial charge in [-0.05, 0) is 53.7 Å². The van der Waals surface area contributed by atoms with Crippen LogP contribution in [0, 0.1) is 5.92 Å². The monoisotopic (exact) mass is 511 g/mol. The van der Waals surface area contributed by atoms with Gasteiger partial charge in [0.2, 0.25) is 5.91 Å². The maximum absolute atomic E-state index is 13.9. The van der Waals surface area contributed by atoms with Crippen LogP contribution in [0.15, 0.2) is 48.5 Å². The van der Waals surface area contributed by atoms with Gasteiger partial charge >= 0.3 is 0 Å². The zero-order valence-electron chi connectivity index (χ0n) is 20.2. The fourth-order valence-corrected chi connectivity index (χ4v) is 4.29. The summed E-state index contributed by atoms with van der Waals surface area (Å²) in [7, 11) is 1.52. The highest BCUT2D eigenvalue weighted by Crippen LogP contribution is 2.34. The molecule has 2 aromatic carbocycles. The first kappa shape index (κ1) is 26.5. The van der Waals surface area contributed by atoms with Gasteiger partial charge in [-0.25, -0.2) is 0 Å². The largest absolute Gasteiger partial charge is 0.508 e. The van der Waals surface area contributed by atoms with Crippen LogP contribution in [0.2, 0.25) is 0 Å². The summed E-state index contributed by atoms with van der Waals surface area (Å²) >= 11 is 0.711. The number of phenolic OH excluding ortho intramolecular Hbond substituents is 1. The number of nitrogens with two attached hydrogens (primary N) is 2. The number of ether oxygens (including phenoxy) is 1. The lowest BCUT2D eigenvalue weighted by Gasteiger charge is -2.31. The molecule has 1 heterocycles. The molecular formula is C25H29N5O5S. The molecule has 10 nitrogen and oxygen atoms in total. The molecule has 0 aliphatic rings. The van der Waals surface area contributed by atoms with Crippen molar-refractivity contribution in [3.05, 3.63) is 64.7 Å². The van der Waals surface area contributed by atoms with Crippen LogP contribution in [0.5, 0.6) is 11.5 Å². The molecule has 11 heteroatoms. The Bertz CT molecular complexity index is 1240. The Labute approximate surface area is 213 Å². The molecule has 6 N–H and O–H groups in total. The SMILES string of the molecule is COc1ccc([C@H](C(=O)NCCC(C)C)N(C(=O)c2snc(C(N)=O)c2N)c2cccc(O)c2)cc1. The molecule has 0 spiro atoms. The number of carbonyl (C=O) groups excluding carboxylic acids is 3. The minimum atomic E-state index is -1.14. The zero-order valence-corrected chi connectivity index (χ0v) is 21.0. The van der Waals surface area contributed by atoms with E-state index in [4.69, 9.17) is 16.2 Å². The van der Waals surface area contributed by atoms with Crippen molar-refractivity contribution < 1.29 is 24.2 Å². The lowest BCUT2D eigenvalue weighted by atomic mass is 10.0. The summed E-state index contributed by atoms with van der Waals surface area (Å²) in [5.74, 6) is -1.15. The molecule has 3 rings (SSSR count). The highest BCUT2D eigenvalue weighted by molar-refractivity contribution is 7.09. The molecule has 0 aliphatic carbocycles. The molecular weight excluding hydrogens is 482 g/mol. The maximum Gasteiger partial charge on any atom is 0.273 e. The van der Waals surface area contributed by atoms with E-state index in [2.05, 4.69) is 9.69 Å². The smallest absolute Gasteiger partial charge is 0.273 e. The number of aromatic nitrogens is 1. The number of benzene rings is 2. The molecule has 3 amide bonds. The van der Waals surface area contributed by atoms with Gasteiger partial charge in [-0.15, -0.1) is 0 Å². The van der Waals surface area contributed by atoms with Gasteiger partial charge in [-0.2, -0.15) is 4.37 Å². The maximum atomic E-state index is 13.9. The van der Waals surface area contributed by atoms with Crippen LogP contribution in [0.4, 0.5) is 11.4 Å². The molecule has 1 aromatic heterocycles. The number of nitrogen functional groups attached to an aromatic ring is 1. The molecule has 3 aromatic rings. The summed E-state index contributed by atoms with van der Waals surface area (Å²) in [6.45, 7) is 4.48. The van der Waals surface area contributed by atoms with Crippen LogP contribution in [-0.2, 0) is 4.79 Å². The third kappa shape index (κ3) is 5.92. The standard InChI is InChI=1S/C25H29N5O5S/c1-14(2)11-12-28-24(33)21(15-7-9-18(35-3)10-8-15)30(16-5-4-6-17(31)13-16)25(34)22-19(26)20(23(27)32)29-36-22/h4-10,13-14,21,31H,11-12,26H2,1-3H3,(H2,27,32)(H,28,33)/t21-/m1/s1. The predicted octanol–water partition coefficient (Wildman–Crippen LogP) is 3.09. The van der Waals surface area contributed by atoms with Gasteiger partial charge in [0.25, 0.3) is 11.8 Å². The summed E-state index contributed by atoms with van der Waals surface area (Å²) in [5.41, 5.74) is 11.7. The second kappa shape index (κ2) is 11.5. The zero-order chi connectivity index (χ0) is 26.4. The van der Waals surface area contributed by atoms with E-state index in [9.17, 15) is 19.5 Å². The van der Waals surface area contributed by atoms with Gasteiger partial charge in [-0.1, -0.05) is 32.0 Å². The Morgan fingerprint density at radius 1 is 1.17 bits per heavy atom. The van der Waals surface area contributed by atoms with E-state index in [0.29, 0.717) is 35.3 Å². The molecule has 0 unspecified atom stereocenters. The van der Waals surface area contributed by atoms with Gasteiger partial charge in [-0.3, -0.25) is 19.3 Å². The van der Waals surface area contributed by atoms with Gasteiger partial charge in [0, 0.05) is 18.3 Å². The number of hydrogen-bond acceptors (Lipinski definition) is 8. The Hall–Kier alpha value is -4.12. The number of nitrogens with zero attached hydrogens (tertiary/aromatic N) is 2. The number of anilines is 2. The van der Waals surface area contributed by atoms with Gasteiger partial charge in [0.05, 0.1) is 12.8 Å². The van der Waals surface area contributed by atoms with Crippen LogP contribution >= 0.6 is 11.5 Å². The lowest BCUT2D eigenvalue weighted by molar-refractivity contribution is -0.122. The van der Waals surface area contributed by atoms with E-state index in [-0.39, 0.29) is 27.7 Å². The molecule has 0 saturated carbocycles. The van der Waals surface area contributed by atoms with E-state index >= 15 is 0 Å². The summed E-state index contributed by atoms with van der Waals surface area (Å²) in [6, 6.07) is 11.5. The van der Waals surface area contributed by atoms with Gasteiger partial charge in [0.1, 0.15) is 22.4 Å². The van der Waals surface area contributed by atoms with E-state index in [1.807, 2.05) is 13.8 Å². The summed E-state index contributed by atoms with van der Waals surface area (Å²) < 4.78 is 9.16. The first-order valence-electron chi connectivity index (χ1n) is 11.2. The molecule has 190 valence electrons. The van der Waals surface area contributed by atoms with Crippen molar-refractivity contribution >= 4 is 40.6 Å². The normalized spacial score (nSPS) is 11.7. The van der Waals surface area contributed by atoms with Crippen molar-refractivity contribution in [2.75, 3.05) is 24.3 Å². The Morgan fingerprint density at radius 2 is 1.86 bits per heavy atom. The van der Waals surface area contributed by atoms with E-state index in [1.54, 1.807) is 36.4 Å².